The van der Waals surface area contributed by atoms with Crippen molar-refractivity contribution in [3.05, 3.63) is 30.1 Å². The van der Waals surface area contributed by atoms with Gasteiger partial charge >= 0.3 is 0 Å². The quantitative estimate of drug-likeness (QED) is 0.458. The molecule has 0 bridgehead atoms. The van der Waals surface area contributed by atoms with E-state index in [-0.39, 0.29) is 11.9 Å². The molecule has 1 unspecified atom stereocenters. The third-order valence-corrected chi connectivity index (χ3v) is 1.57. The zero-order valence-corrected chi connectivity index (χ0v) is 5.86. The molecule has 1 fully saturated rings. The lowest BCUT2D eigenvalue weighted by atomic mass is 10.1. The van der Waals surface area contributed by atoms with Crippen LogP contribution in [0.3, 0.4) is 0 Å². The molecule has 3 heteroatoms. The maximum Gasteiger partial charge on any atom is 0.195 e. The number of nitrogens with zero attached hydrogens (tertiary/aromatic N) is 1. The fourth-order valence-corrected chi connectivity index (χ4v) is 0.894. The van der Waals surface area contributed by atoms with Gasteiger partial charge in [-0.05, 0) is 12.1 Å². The summed E-state index contributed by atoms with van der Waals surface area (Å²) in [6.45, 7) is 0.563. The van der Waals surface area contributed by atoms with Crippen LogP contribution >= 0.6 is 0 Å². The van der Waals surface area contributed by atoms with E-state index < -0.39 is 0 Å². The summed E-state index contributed by atoms with van der Waals surface area (Å²) in [5.74, 6) is 0.0399. The van der Waals surface area contributed by atoms with Crippen LogP contribution < -0.4 is 0 Å². The van der Waals surface area contributed by atoms with Gasteiger partial charge in [-0.2, -0.15) is 0 Å². The molecule has 1 aromatic heterocycles. The summed E-state index contributed by atoms with van der Waals surface area (Å²) in [5, 5.41) is 0. The second-order valence-corrected chi connectivity index (χ2v) is 2.43. The number of rotatable bonds is 2. The molecule has 1 atom stereocenters. The number of carbonyl (C=O) groups excluding carboxylic acids is 1. The number of carbonyl (C=O) groups is 1. The molecule has 11 heavy (non-hydrogen) atoms. The number of ketones is 1. The minimum Gasteiger partial charge on any atom is -0.364 e. The molecule has 0 saturated carbocycles. The van der Waals surface area contributed by atoms with Crippen molar-refractivity contribution in [2.45, 2.75) is 6.10 Å². The molecule has 0 aromatic carbocycles. The lowest BCUT2D eigenvalue weighted by molar-refractivity contribution is 0.0953. The van der Waals surface area contributed by atoms with E-state index in [1.807, 2.05) is 0 Å². The molecular formula is C8H7NO2. The predicted octanol–water partition coefficient (Wildman–Crippen LogP) is 0.663. The zero-order chi connectivity index (χ0) is 7.68. The fourth-order valence-electron chi connectivity index (χ4n) is 0.894. The third kappa shape index (κ3) is 1.28. The summed E-state index contributed by atoms with van der Waals surface area (Å²) in [7, 11) is 0. The molecule has 1 aromatic rings. The van der Waals surface area contributed by atoms with Gasteiger partial charge in [-0.15, -0.1) is 0 Å². The van der Waals surface area contributed by atoms with Crippen molar-refractivity contribution in [2.75, 3.05) is 6.61 Å². The number of epoxide rings is 1. The molecule has 0 N–H and O–H groups in total. The molecular weight excluding hydrogens is 142 g/mol. The number of hydrogen-bond acceptors (Lipinski definition) is 3. The molecule has 56 valence electrons. The van der Waals surface area contributed by atoms with Crippen molar-refractivity contribution >= 4 is 5.78 Å². The number of Topliss-reactive ketones (excluding diaryl/α,β-unsaturated/α-hetero) is 1. The number of pyridine rings is 1. The van der Waals surface area contributed by atoms with Crippen molar-refractivity contribution < 1.29 is 9.53 Å². The second-order valence-electron chi connectivity index (χ2n) is 2.43. The van der Waals surface area contributed by atoms with Gasteiger partial charge in [0.25, 0.3) is 0 Å². The Morgan fingerprint density at radius 1 is 1.73 bits per heavy atom. The Kier molecular flexibility index (Phi) is 1.43. The van der Waals surface area contributed by atoms with Crippen LogP contribution in [0.25, 0.3) is 0 Å². The predicted molar refractivity (Wildman–Crippen MR) is 38.3 cm³/mol. The fraction of sp³-hybridized carbons (Fsp3) is 0.250. The first-order chi connectivity index (χ1) is 5.38. The number of hydrogen-bond donors (Lipinski definition) is 0. The SMILES string of the molecule is O=C(c1cccnc1)C1CO1. The van der Waals surface area contributed by atoms with E-state index in [2.05, 4.69) is 4.98 Å². The molecule has 3 nitrogen and oxygen atoms in total. The van der Waals surface area contributed by atoms with Crippen LogP contribution in [0.2, 0.25) is 0 Å². The van der Waals surface area contributed by atoms with Crippen LogP contribution in [0.15, 0.2) is 24.5 Å². The standard InChI is InChI=1S/C8H7NO2/c10-8(7-5-11-7)6-2-1-3-9-4-6/h1-4,7H,5H2. The number of ether oxygens (including phenoxy) is 1. The lowest BCUT2D eigenvalue weighted by Gasteiger charge is -1.92. The highest BCUT2D eigenvalue weighted by atomic mass is 16.6. The van der Waals surface area contributed by atoms with Crippen LogP contribution in [0.4, 0.5) is 0 Å². The first kappa shape index (κ1) is 6.49. The van der Waals surface area contributed by atoms with Crippen LogP contribution in [0.5, 0.6) is 0 Å². The highest BCUT2D eigenvalue weighted by Crippen LogP contribution is 2.14. The van der Waals surface area contributed by atoms with Gasteiger partial charge in [0, 0.05) is 18.0 Å². The molecule has 0 spiro atoms. The summed E-state index contributed by atoms with van der Waals surface area (Å²) >= 11 is 0. The van der Waals surface area contributed by atoms with Crippen molar-refractivity contribution in [1.29, 1.82) is 0 Å². The van der Waals surface area contributed by atoms with E-state index in [0.29, 0.717) is 12.2 Å². The summed E-state index contributed by atoms with van der Waals surface area (Å²) in [6, 6.07) is 3.49. The Morgan fingerprint density at radius 2 is 2.55 bits per heavy atom. The Hall–Kier alpha value is -1.22. The minimum atomic E-state index is -0.195. The smallest absolute Gasteiger partial charge is 0.195 e. The first-order valence-electron chi connectivity index (χ1n) is 3.44. The summed E-state index contributed by atoms with van der Waals surface area (Å²) in [6.07, 6.45) is 3.01. The Morgan fingerprint density at radius 3 is 3.09 bits per heavy atom. The Labute approximate surface area is 64.0 Å². The zero-order valence-electron chi connectivity index (χ0n) is 5.86. The maximum absolute atomic E-state index is 11.2. The van der Waals surface area contributed by atoms with E-state index >= 15 is 0 Å². The Bertz CT molecular complexity index is 267. The van der Waals surface area contributed by atoms with Crippen LogP contribution in [-0.4, -0.2) is 23.5 Å². The summed E-state index contributed by atoms with van der Waals surface area (Å²) < 4.78 is 4.85. The maximum atomic E-state index is 11.2. The van der Waals surface area contributed by atoms with E-state index in [0.717, 1.165) is 0 Å². The van der Waals surface area contributed by atoms with Crippen molar-refractivity contribution in [1.82, 2.24) is 4.98 Å². The highest BCUT2D eigenvalue weighted by Gasteiger charge is 2.31. The molecule has 1 saturated heterocycles. The Balaban J connectivity index is 2.22. The van der Waals surface area contributed by atoms with Crippen molar-refractivity contribution in [2.24, 2.45) is 0 Å². The van der Waals surface area contributed by atoms with Crippen molar-refractivity contribution in [3.63, 3.8) is 0 Å². The van der Waals surface area contributed by atoms with Gasteiger partial charge < -0.3 is 4.74 Å². The van der Waals surface area contributed by atoms with Gasteiger partial charge in [0.15, 0.2) is 5.78 Å². The van der Waals surface area contributed by atoms with Crippen LogP contribution in [0.1, 0.15) is 10.4 Å². The average molecular weight is 149 g/mol. The molecule has 0 aliphatic carbocycles. The van der Waals surface area contributed by atoms with Gasteiger partial charge in [-0.25, -0.2) is 0 Å². The van der Waals surface area contributed by atoms with Crippen molar-refractivity contribution in [3.8, 4) is 0 Å². The molecule has 1 aliphatic heterocycles. The number of aromatic nitrogens is 1. The highest BCUT2D eigenvalue weighted by molar-refractivity contribution is 6.00. The monoisotopic (exact) mass is 149 g/mol. The van der Waals surface area contributed by atoms with Gasteiger partial charge in [-0.1, -0.05) is 0 Å². The molecule has 2 heterocycles. The second kappa shape index (κ2) is 2.43. The van der Waals surface area contributed by atoms with Gasteiger partial charge in [-0.3, -0.25) is 9.78 Å². The largest absolute Gasteiger partial charge is 0.364 e. The van der Waals surface area contributed by atoms with E-state index in [1.165, 1.54) is 0 Å². The first-order valence-corrected chi connectivity index (χ1v) is 3.44. The van der Waals surface area contributed by atoms with E-state index in [1.54, 1.807) is 24.5 Å². The minimum absolute atomic E-state index is 0.0399. The van der Waals surface area contributed by atoms with Gasteiger partial charge in [0.1, 0.15) is 6.10 Å². The lowest BCUT2D eigenvalue weighted by Crippen LogP contribution is -2.06. The van der Waals surface area contributed by atoms with Crippen LogP contribution in [0, 0.1) is 0 Å². The third-order valence-electron chi connectivity index (χ3n) is 1.57. The average Bonchev–Trinajstić information content (AvgIpc) is 2.87. The van der Waals surface area contributed by atoms with E-state index in [4.69, 9.17) is 4.74 Å². The molecule has 0 radical (unpaired) electrons. The van der Waals surface area contributed by atoms with Crippen LogP contribution in [-0.2, 0) is 4.74 Å². The molecule has 0 amide bonds. The summed E-state index contributed by atoms with van der Waals surface area (Å²) in [5.41, 5.74) is 0.634. The van der Waals surface area contributed by atoms with Gasteiger partial charge in [0.05, 0.1) is 6.61 Å². The molecule has 2 rings (SSSR count). The van der Waals surface area contributed by atoms with Gasteiger partial charge in [0.2, 0.25) is 0 Å². The normalized spacial score (nSPS) is 21.3. The summed E-state index contributed by atoms with van der Waals surface area (Å²) in [4.78, 5) is 15.1. The van der Waals surface area contributed by atoms with E-state index in [9.17, 15) is 4.79 Å². The molecule has 1 aliphatic rings. The topological polar surface area (TPSA) is 42.5 Å².